The molecule has 658 valence electrons. The number of nitriles is 1. The van der Waals surface area contributed by atoms with Gasteiger partial charge in [-0.05, 0) is 301 Å². The van der Waals surface area contributed by atoms with E-state index in [0.717, 1.165) is 110 Å². The van der Waals surface area contributed by atoms with E-state index >= 15 is 0 Å². The predicted molar refractivity (Wildman–Crippen MR) is 501 cm³/mol. The van der Waals surface area contributed by atoms with E-state index in [2.05, 4.69) is 273 Å². The topological polar surface area (TPSA) is 35.4 Å². The van der Waals surface area contributed by atoms with Crippen LogP contribution in [0.1, 0.15) is 266 Å². The Balaban J connectivity index is 0.00000152. The molecule has 0 saturated heterocycles. The van der Waals surface area contributed by atoms with Crippen molar-refractivity contribution in [3.63, 3.8) is 0 Å². The van der Waals surface area contributed by atoms with Crippen LogP contribution >= 0.6 is 0 Å². The van der Waals surface area contributed by atoms with E-state index in [-0.39, 0.29) is 116 Å². The van der Waals surface area contributed by atoms with Gasteiger partial charge >= 0.3 is 59.4 Å². The summed E-state index contributed by atoms with van der Waals surface area (Å²) in [6.45, 7) is 58.3. The van der Waals surface area contributed by atoms with Crippen LogP contribution < -0.4 is 13.7 Å². The molecular formula is C110H163F2N4Os3+3. The van der Waals surface area contributed by atoms with Crippen LogP contribution in [-0.4, -0.2) is 0 Å². The Bertz CT molecular complexity index is 4350. The molecule has 6 aliphatic rings. The van der Waals surface area contributed by atoms with Crippen LogP contribution in [0.25, 0.3) is 56.0 Å². The fourth-order valence-corrected chi connectivity index (χ4v) is 21.8. The van der Waals surface area contributed by atoms with Gasteiger partial charge in [0.05, 0.1) is 17.2 Å². The number of pyridine rings is 3. The van der Waals surface area contributed by atoms with Crippen molar-refractivity contribution >= 4 is 0 Å². The number of nitrogens with zero attached hydrogens (tertiary/aromatic N) is 4. The van der Waals surface area contributed by atoms with Gasteiger partial charge in [-0.25, -0.2) is 22.5 Å². The quantitative estimate of drug-likeness (QED) is 0.110. The molecule has 12 atom stereocenters. The van der Waals surface area contributed by atoms with Crippen molar-refractivity contribution in [2.75, 3.05) is 0 Å². The molecule has 0 radical (unpaired) electrons. The van der Waals surface area contributed by atoms with Gasteiger partial charge in [0.15, 0.2) is 18.6 Å². The van der Waals surface area contributed by atoms with Crippen molar-refractivity contribution in [2.45, 2.75) is 255 Å². The third kappa shape index (κ3) is 25.8. The van der Waals surface area contributed by atoms with Gasteiger partial charge in [0.25, 0.3) is 0 Å². The molecule has 3 heterocycles. The average Bonchev–Trinajstić information content (AvgIpc) is 1.65. The Kier molecular flexibility index (Phi) is 47.9. The Morgan fingerprint density at radius 1 is 0.277 bits per heavy atom. The molecule has 14 rings (SSSR count). The molecule has 6 fully saturated rings. The zero-order chi connectivity index (χ0) is 80.8. The molecule has 8 aromatic rings. The first-order valence-corrected chi connectivity index (χ1v) is 43.3. The molecule has 0 N–H and O–H groups in total. The molecule has 9 heteroatoms. The maximum Gasteiger partial charge on any atom is 2.00 e. The normalized spacial score (nSPS) is 26.5. The van der Waals surface area contributed by atoms with Crippen molar-refractivity contribution in [3.8, 4) is 62.1 Å². The number of hydrogen-bond acceptors (Lipinski definition) is 1. The van der Waals surface area contributed by atoms with Crippen molar-refractivity contribution in [1.29, 1.82) is 5.26 Å². The Morgan fingerprint density at radius 2 is 0.555 bits per heavy atom. The zero-order valence-electron chi connectivity index (χ0n) is 80.8. The number of benzene rings is 5. The first-order valence-electron chi connectivity index (χ1n) is 43.3. The minimum atomic E-state index is -0.188. The fraction of sp³-hybridized carbons (Fsp3) is 0.527. The van der Waals surface area contributed by atoms with Gasteiger partial charge < -0.3 is 44.6 Å². The van der Waals surface area contributed by atoms with Crippen LogP contribution in [0.2, 0.25) is 0 Å². The number of aromatic nitrogens is 3. The van der Waals surface area contributed by atoms with E-state index in [1.807, 2.05) is 44.2 Å². The summed E-state index contributed by atoms with van der Waals surface area (Å²) in [5.74, 6) is 15.0. The SMILES string of the molecule is C1CCCC1.C1CCCC1.CC1C(C)C(C)C(C)C1C.Cc1cc(F)ccc1-c1cc(C)c(C2C(C)C(C)C(C)C2C)c[n+]1C.Cc1cc(F)ccc1-c1ccc(-c2c(C)cc(C3C(C)C(C)C(C)C3C)cc2C)c[n+]1C.Cc1ccc(C#N)cc1-c1ccc(-c2c(C)cc(C3C(C)C(C)C(C)C3C)cc2C)c[n+]1C.[CH3-].[CH3-].[CH3-].[CH3-].[CH3-].[CH3-].[Os+2].[Os+2].[Os+2]. The smallest absolute Gasteiger partial charge is 0.358 e. The predicted octanol–water partition coefficient (Wildman–Crippen LogP) is 30.2. The van der Waals surface area contributed by atoms with Gasteiger partial charge in [0.1, 0.15) is 32.8 Å². The molecule has 4 nitrogen and oxygen atoms in total. The molecule has 6 saturated carbocycles. The maximum atomic E-state index is 13.6. The van der Waals surface area contributed by atoms with Crippen LogP contribution in [0, 0.1) is 224 Å². The molecule has 6 aliphatic carbocycles. The van der Waals surface area contributed by atoms with Crippen molar-refractivity contribution in [2.24, 2.45) is 122 Å². The third-order valence-corrected chi connectivity index (χ3v) is 30.7. The second-order valence-corrected chi connectivity index (χ2v) is 37.1. The summed E-state index contributed by atoms with van der Waals surface area (Å²) >= 11 is 0. The summed E-state index contributed by atoms with van der Waals surface area (Å²) in [6.07, 6.45) is 21.8. The maximum absolute atomic E-state index is 13.6. The second-order valence-electron chi connectivity index (χ2n) is 37.1. The monoisotopic (exact) mass is 2150 g/mol. The van der Waals surface area contributed by atoms with Crippen LogP contribution in [-0.2, 0) is 80.5 Å². The molecule has 0 amide bonds. The largest absolute Gasteiger partial charge is 2.00 e. The Morgan fingerprint density at radius 3 is 0.849 bits per heavy atom. The molecule has 5 aromatic carbocycles. The summed E-state index contributed by atoms with van der Waals surface area (Å²) in [6, 6.07) is 39.1. The first-order chi connectivity index (χ1) is 52.0. The third-order valence-electron chi connectivity index (χ3n) is 30.7. The number of aryl methyl sites for hydroxylation is 11. The summed E-state index contributed by atoms with van der Waals surface area (Å²) in [5, 5.41) is 9.33. The van der Waals surface area contributed by atoms with Crippen LogP contribution in [0.5, 0.6) is 0 Å². The molecule has 119 heavy (non-hydrogen) atoms. The van der Waals surface area contributed by atoms with E-state index in [1.54, 1.807) is 18.2 Å². The minimum Gasteiger partial charge on any atom is -0.358 e. The average molecular weight is 2150 g/mol. The van der Waals surface area contributed by atoms with Crippen LogP contribution in [0.15, 0.2) is 128 Å². The van der Waals surface area contributed by atoms with E-state index in [0.29, 0.717) is 58.8 Å². The van der Waals surface area contributed by atoms with Gasteiger partial charge in [-0.1, -0.05) is 212 Å². The summed E-state index contributed by atoms with van der Waals surface area (Å²) in [7, 11) is 6.28. The first kappa shape index (κ1) is 114. The number of halogens is 2. The minimum absolute atomic E-state index is 0. The summed E-state index contributed by atoms with van der Waals surface area (Å²) in [5.41, 5.74) is 26.8. The molecular weight excluding hydrogens is 1990 g/mol. The van der Waals surface area contributed by atoms with Gasteiger partial charge in [-0.2, -0.15) is 5.26 Å². The van der Waals surface area contributed by atoms with E-state index < -0.39 is 0 Å². The van der Waals surface area contributed by atoms with Gasteiger partial charge in [0, 0.05) is 46.0 Å². The van der Waals surface area contributed by atoms with E-state index in [1.165, 1.54) is 143 Å². The van der Waals surface area contributed by atoms with Gasteiger partial charge in [0.2, 0.25) is 17.1 Å². The van der Waals surface area contributed by atoms with E-state index in [9.17, 15) is 14.0 Å². The van der Waals surface area contributed by atoms with Crippen molar-refractivity contribution in [1.82, 2.24) is 0 Å². The zero-order valence-corrected chi connectivity index (χ0v) is 88.5. The summed E-state index contributed by atoms with van der Waals surface area (Å²) < 4.78 is 33.6. The van der Waals surface area contributed by atoms with Crippen molar-refractivity contribution < 1.29 is 81.9 Å². The second kappa shape index (κ2) is 50.1. The number of rotatable bonds is 8. The fourth-order valence-electron chi connectivity index (χ4n) is 21.8. The molecule has 0 aliphatic heterocycles. The van der Waals surface area contributed by atoms with Crippen LogP contribution in [0.3, 0.4) is 0 Å². The standard InChI is InChI=1S/C31H37N2.C30H37FN.C23H31FN.C10H20.2C5H10.6CH3.3Os/c1-18-9-10-25(16-32)15-28(18)29-12-11-26(17-33(29)8)30-19(2)13-27(14-20(30)3)31-23(6)21(4)22(5)24(31)7;1-17-15-26(31)10-11-27(17)28-12-9-24(16-32(28)8)29-18(2)13-25(14-19(29)3)30-22(6)20(4)21(5)23(30)7;1-13-10-19(24)8-9-20(13)22-11-14(2)21(12-25(22)7)23-17(5)15(3)16(4)18(23)6;1-6-7(2)9(4)10(5)8(6)3;2*1-2-4-5-3-1;;;;;;;;;/h9-15,17,21-24,31H,1-8H3;9-16,20-23,30H,1-8H3;8-12,15-18,23H,1-7H3;6-10H,1-5H3;2*1-5H2;6*1H3;;;/q3*+1;;;;6*-1;3*+2. The molecule has 0 spiro atoms. The Labute approximate surface area is 770 Å². The van der Waals surface area contributed by atoms with Gasteiger partial charge in [-0.15, -0.1) is 0 Å². The van der Waals surface area contributed by atoms with Crippen molar-refractivity contribution in [3.05, 3.63) is 251 Å². The van der Waals surface area contributed by atoms with Crippen LogP contribution in [0.4, 0.5) is 8.78 Å². The van der Waals surface area contributed by atoms with Gasteiger partial charge in [-0.3, -0.25) is 0 Å². The summed E-state index contributed by atoms with van der Waals surface area (Å²) in [4.78, 5) is 0. The molecule has 3 aromatic heterocycles. The molecule has 12 unspecified atom stereocenters. The Hall–Kier alpha value is -5.19. The van der Waals surface area contributed by atoms with E-state index in [4.69, 9.17) is 0 Å². The number of hydrogen-bond donors (Lipinski definition) is 0. The molecule has 0 bridgehead atoms.